The molecule has 29 heavy (non-hydrogen) atoms. The smallest absolute Gasteiger partial charge is 0.272 e. The summed E-state index contributed by atoms with van der Waals surface area (Å²) < 4.78 is 11.6. The monoisotopic (exact) mass is 461 g/mol. The molecule has 1 atom stereocenters. The highest BCUT2D eigenvalue weighted by molar-refractivity contribution is 9.10. The number of halogens is 1. The lowest BCUT2D eigenvalue weighted by Gasteiger charge is -2.16. The summed E-state index contributed by atoms with van der Waals surface area (Å²) in [5.74, 6) is -0.0572. The molecule has 0 aromatic heterocycles. The third kappa shape index (κ3) is 5.33. The Bertz CT molecular complexity index is 886. The predicted molar refractivity (Wildman–Crippen MR) is 109 cm³/mol. The van der Waals surface area contributed by atoms with Crippen LogP contribution in [0.2, 0.25) is 0 Å². The fourth-order valence-electron chi connectivity index (χ4n) is 2.76. The van der Waals surface area contributed by atoms with Crippen LogP contribution in [-0.2, 0) is 14.4 Å². The van der Waals surface area contributed by atoms with Crippen molar-refractivity contribution in [2.75, 3.05) is 18.1 Å². The van der Waals surface area contributed by atoms with E-state index in [4.69, 9.17) is 9.47 Å². The summed E-state index contributed by atoms with van der Waals surface area (Å²) in [5.41, 5.74) is 5.48. The summed E-state index contributed by atoms with van der Waals surface area (Å²) in [6, 6.07) is 12.9. The van der Waals surface area contributed by atoms with Gasteiger partial charge in [-0.2, -0.15) is 0 Å². The molecule has 3 rings (SSSR count). The van der Waals surface area contributed by atoms with Gasteiger partial charge in [-0.05, 0) is 55.5 Å². The van der Waals surface area contributed by atoms with Crippen LogP contribution < -0.4 is 25.2 Å². The van der Waals surface area contributed by atoms with Crippen molar-refractivity contribution >= 4 is 39.3 Å². The number of imide groups is 1. The van der Waals surface area contributed by atoms with Crippen LogP contribution in [0.3, 0.4) is 0 Å². The van der Waals surface area contributed by atoms with Crippen LogP contribution in [0.25, 0.3) is 0 Å². The summed E-state index contributed by atoms with van der Waals surface area (Å²) in [6.07, 6.45) is -0.0557. The van der Waals surface area contributed by atoms with Crippen LogP contribution in [0.4, 0.5) is 5.69 Å². The number of hydrazine groups is 1. The average Bonchev–Trinajstić information content (AvgIpc) is 3.00. The Morgan fingerprint density at radius 2 is 1.69 bits per heavy atom. The maximum Gasteiger partial charge on any atom is 0.272 e. The first kappa shape index (κ1) is 20.8. The highest BCUT2D eigenvalue weighted by Crippen LogP contribution is 2.25. The average molecular weight is 462 g/mol. The summed E-state index contributed by atoms with van der Waals surface area (Å²) in [6.45, 7) is 2.17. The molecule has 0 saturated carbocycles. The van der Waals surface area contributed by atoms with Gasteiger partial charge in [0.25, 0.3) is 11.8 Å². The van der Waals surface area contributed by atoms with Gasteiger partial charge < -0.3 is 9.47 Å². The summed E-state index contributed by atoms with van der Waals surface area (Å²) >= 11 is 3.32. The molecule has 1 fully saturated rings. The van der Waals surface area contributed by atoms with Crippen LogP contribution in [0, 0.1) is 0 Å². The molecule has 1 aliphatic rings. The van der Waals surface area contributed by atoms with E-state index in [1.165, 1.54) is 0 Å². The zero-order valence-corrected chi connectivity index (χ0v) is 17.3. The van der Waals surface area contributed by atoms with E-state index < -0.39 is 17.9 Å². The predicted octanol–water partition coefficient (Wildman–Crippen LogP) is 2.18. The van der Waals surface area contributed by atoms with Gasteiger partial charge in [-0.25, -0.2) is 10.3 Å². The van der Waals surface area contributed by atoms with E-state index >= 15 is 0 Å². The third-order valence-corrected chi connectivity index (χ3v) is 4.65. The number of rotatable bonds is 8. The van der Waals surface area contributed by atoms with Gasteiger partial charge in [0.05, 0.1) is 18.7 Å². The zero-order valence-electron chi connectivity index (χ0n) is 15.7. The Morgan fingerprint density at radius 3 is 2.34 bits per heavy atom. The Balaban J connectivity index is 1.51. The number of carbonyl (C=O) groups is 3. The molecule has 1 heterocycles. The van der Waals surface area contributed by atoms with Crippen molar-refractivity contribution in [1.29, 1.82) is 0 Å². The quantitative estimate of drug-likeness (QED) is 0.461. The molecule has 2 N–H and O–H groups in total. The third-order valence-electron chi connectivity index (χ3n) is 4.12. The van der Waals surface area contributed by atoms with E-state index in [0.29, 0.717) is 23.8 Å². The first-order valence-corrected chi connectivity index (χ1v) is 9.79. The number of hydrogen-bond donors (Lipinski definition) is 2. The molecule has 0 aliphatic carbocycles. The minimum Gasteiger partial charge on any atom is -0.494 e. The second-order valence-corrected chi connectivity index (χ2v) is 7.10. The molecule has 1 unspecified atom stereocenters. The minimum atomic E-state index is -0.842. The standard InChI is InChI=1S/C20H20BrN3O5/c1-2-28-15-9-5-14(6-10-15)24-19(26)11-17(20(24)27)22-23-18(25)12-29-16-7-3-13(21)4-8-16/h3-10,17,22H,2,11-12H2,1H3,(H,23,25). The van der Waals surface area contributed by atoms with Gasteiger partial charge >= 0.3 is 0 Å². The highest BCUT2D eigenvalue weighted by Gasteiger charge is 2.39. The normalized spacial score (nSPS) is 16.1. The fourth-order valence-corrected chi connectivity index (χ4v) is 3.02. The number of hydrogen-bond acceptors (Lipinski definition) is 6. The van der Waals surface area contributed by atoms with Crippen molar-refractivity contribution in [2.24, 2.45) is 0 Å². The first-order chi connectivity index (χ1) is 14.0. The molecule has 2 aromatic rings. The van der Waals surface area contributed by atoms with Crippen molar-refractivity contribution in [3.8, 4) is 11.5 Å². The lowest BCUT2D eigenvalue weighted by Crippen LogP contribution is -2.49. The van der Waals surface area contributed by atoms with Gasteiger partial charge in [0.2, 0.25) is 5.91 Å². The molecule has 1 saturated heterocycles. The van der Waals surface area contributed by atoms with Gasteiger partial charge in [-0.1, -0.05) is 15.9 Å². The van der Waals surface area contributed by atoms with Gasteiger partial charge in [0.15, 0.2) is 6.61 Å². The molecule has 3 amide bonds. The number of nitrogens with one attached hydrogen (secondary N) is 2. The number of anilines is 1. The Kier molecular flexibility index (Phi) is 6.84. The molecule has 2 aromatic carbocycles. The minimum absolute atomic E-state index is 0.0557. The molecular weight excluding hydrogens is 442 g/mol. The SMILES string of the molecule is CCOc1ccc(N2C(=O)CC(NNC(=O)COc3ccc(Br)cc3)C2=O)cc1. The van der Waals surface area contributed by atoms with E-state index in [2.05, 4.69) is 26.8 Å². The maximum atomic E-state index is 12.6. The Morgan fingerprint density at radius 1 is 1.07 bits per heavy atom. The molecule has 0 radical (unpaired) electrons. The van der Waals surface area contributed by atoms with Crippen molar-refractivity contribution in [1.82, 2.24) is 10.9 Å². The van der Waals surface area contributed by atoms with Crippen LogP contribution in [0.5, 0.6) is 11.5 Å². The van der Waals surface area contributed by atoms with Gasteiger partial charge in [0, 0.05) is 4.47 Å². The second kappa shape index (κ2) is 9.53. The summed E-state index contributed by atoms with van der Waals surface area (Å²) in [7, 11) is 0. The maximum absolute atomic E-state index is 12.6. The molecule has 0 spiro atoms. The molecular formula is C20H20BrN3O5. The van der Waals surface area contributed by atoms with Gasteiger partial charge in [-0.15, -0.1) is 0 Å². The Hall–Kier alpha value is -2.91. The van der Waals surface area contributed by atoms with E-state index in [1.54, 1.807) is 48.5 Å². The number of amides is 3. The molecule has 152 valence electrons. The fraction of sp³-hybridized carbons (Fsp3) is 0.250. The van der Waals surface area contributed by atoms with E-state index in [9.17, 15) is 14.4 Å². The van der Waals surface area contributed by atoms with Crippen LogP contribution >= 0.6 is 15.9 Å². The first-order valence-electron chi connectivity index (χ1n) is 9.00. The van der Waals surface area contributed by atoms with Crippen LogP contribution in [0.15, 0.2) is 53.0 Å². The largest absolute Gasteiger partial charge is 0.494 e. The number of nitrogens with zero attached hydrogens (tertiary/aromatic N) is 1. The van der Waals surface area contributed by atoms with Crippen molar-refractivity contribution in [3.63, 3.8) is 0 Å². The summed E-state index contributed by atoms with van der Waals surface area (Å²) in [5, 5.41) is 0. The Labute approximate surface area is 176 Å². The van der Waals surface area contributed by atoms with Crippen LogP contribution in [-0.4, -0.2) is 37.0 Å². The zero-order chi connectivity index (χ0) is 20.8. The topological polar surface area (TPSA) is 97.0 Å². The van der Waals surface area contributed by atoms with Crippen molar-refractivity contribution in [3.05, 3.63) is 53.0 Å². The van der Waals surface area contributed by atoms with Gasteiger partial charge in [0.1, 0.15) is 17.5 Å². The molecule has 9 heteroatoms. The molecule has 0 bridgehead atoms. The van der Waals surface area contributed by atoms with E-state index in [0.717, 1.165) is 9.37 Å². The van der Waals surface area contributed by atoms with E-state index in [-0.39, 0.29) is 18.9 Å². The number of ether oxygens (including phenoxy) is 2. The van der Waals surface area contributed by atoms with Crippen LogP contribution in [0.1, 0.15) is 13.3 Å². The van der Waals surface area contributed by atoms with E-state index in [1.807, 2.05) is 6.92 Å². The number of benzene rings is 2. The lowest BCUT2D eigenvalue weighted by atomic mass is 10.2. The van der Waals surface area contributed by atoms with Crippen molar-refractivity contribution < 1.29 is 23.9 Å². The lowest BCUT2D eigenvalue weighted by molar-refractivity contribution is -0.125. The molecule has 1 aliphatic heterocycles. The second-order valence-electron chi connectivity index (χ2n) is 6.19. The molecule has 8 nitrogen and oxygen atoms in total. The highest BCUT2D eigenvalue weighted by atomic mass is 79.9. The summed E-state index contributed by atoms with van der Waals surface area (Å²) in [4.78, 5) is 37.9. The number of carbonyl (C=O) groups excluding carboxylic acids is 3. The van der Waals surface area contributed by atoms with Crippen molar-refractivity contribution in [2.45, 2.75) is 19.4 Å². The van der Waals surface area contributed by atoms with Gasteiger partial charge in [-0.3, -0.25) is 19.8 Å².